The third-order valence-corrected chi connectivity index (χ3v) is 4.38. The summed E-state index contributed by atoms with van der Waals surface area (Å²) in [5.74, 6) is -1.89. The lowest BCUT2D eigenvalue weighted by Crippen LogP contribution is -2.53. The maximum atomic E-state index is 13.5. The summed E-state index contributed by atoms with van der Waals surface area (Å²) in [6.45, 7) is 8.49. The predicted molar refractivity (Wildman–Crippen MR) is 102 cm³/mol. The highest BCUT2D eigenvalue weighted by Gasteiger charge is 2.42. The SMILES string of the molecule is CC(C)[C@H](N[C@@H](CCCCCN1C(=O)C=CC1=O)C(F)(F)F)C(=O)OC(C)(C)C. The molecule has 9 heteroatoms. The molecule has 0 aliphatic carbocycles. The number of carbonyl (C=O) groups is 3. The molecule has 6 nitrogen and oxygen atoms in total. The monoisotopic (exact) mass is 420 g/mol. The molecule has 0 fully saturated rings. The fraction of sp³-hybridized carbons (Fsp3) is 0.750. The zero-order valence-corrected chi connectivity index (χ0v) is 17.6. The van der Waals surface area contributed by atoms with Crippen LogP contribution in [0.2, 0.25) is 0 Å². The van der Waals surface area contributed by atoms with Crippen LogP contribution in [0.3, 0.4) is 0 Å². The smallest absolute Gasteiger partial charge is 0.403 e. The second kappa shape index (κ2) is 10.2. The molecule has 0 radical (unpaired) electrons. The molecule has 0 unspecified atom stereocenters. The lowest BCUT2D eigenvalue weighted by molar-refractivity contribution is -0.170. The molecule has 29 heavy (non-hydrogen) atoms. The van der Waals surface area contributed by atoms with E-state index in [4.69, 9.17) is 4.74 Å². The van der Waals surface area contributed by atoms with Crippen LogP contribution in [0.15, 0.2) is 12.2 Å². The zero-order chi connectivity index (χ0) is 22.4. The van der Waals surface area contributed by atoms with Gasteiger partial charge in [-0.3, -0.25) is 24.6 Å². The Morgan fingerprint density at radius 3 is 2.07 bits per heavy atom. The third kappa shape index (κ3) is 8.55. The van der Waals surface area contributed by atoms with Gasteiger partial charge in [0.15, 0.2) is 0 Å². The fourth-order valence-electron chi connectivity index (χ4n) is 2.90. The van der Waals surface area contributed by atoms with E-state index in [9.17, 15) is 27.6 Å². The van der Waals surface area contributed by atoms with Gasteiger partial charge in [-0.05, 0) is 39.5 Å². The minimum absolute atomic E-state index is 0.182. The fourth-order valence-corrected chi connectivity index (χ4v) is 2.90. The molecule has 2 atom stereocenters. The van der Waals surface area contributed by atoms with Gasteiger partial charge in [0.25, 0.3) is 11.8 Å². The molecule has 1 aliphatic heterocycles. The number of hydrogen-bond acceptors (Lipinski definition) is 5. The van der Waals surface area contributed by atoms with Crippen LogP contribution in [0.1, 0.15) is 60.3 Å². The lowest BCUT2D eigenvalue weighted by Gasteiger charge is -2.31. The van der Waals surface area contributed by atoms with Gasteiger partial charge in [0.05, 0.1) is 0 Å². The van der Waals surface area contributed by atoms with Gasteiger partial charge in [0, 0.05) is 18.7 Å². The van der Waals surface area contributed by atoms with Crippen LogP contribution in [-0.4, -0.2) is 53.1 Å². The number of amides is 2. The Labute approximate surface area is 169 Å². The number of rotatable bonds is 10. The molecule has 0 aromatic heterocycles. The summed E-state index contributed by atoms with van der Waals surface area (Å²) in [4.78, 5) is 36.3. The van der Waals surface area contributed by atoms with E-state index < -0.39 is 41.6 Å². The number of nitrogens with zero attached hydrogens (tertiary/aromatic N) is 1. The lowest BCUT2D eigenvalue weighted by atomic mass is 10.0. The van der Waals surface area contributed by atoms with Crippen molar-refractivity contribution in [3.8, 4) is 0 Å². The molecular formula is C20H31F3N2O4. The molecular weight excluding hydrogens is 389 g/mol. The van der Waals surface area contributed by atoms with Gasteiger partial charge >= 0.3 is 12.1 Å². The number of esters is 1. The van der Waals surface area contributed by atoms with Crippen molar-refractivity contribution >= 4 is 17.8 Å². The molecule has 0 aromatic rings. The Bertz CT molecular complexity index is 606. The molecule has 1 rings (SSSR count). The Balaban J connectivity index is 2.59. The highest BCUT2D eigenvalue weighted by atomic mass is 19.4. The van der Waals surface area contributed by atoms with Crippen molar-refractivity contribution in [3.63, 3.8) is 0 Å². The molecule has 166 valence electrons. The van der Waals surface area contributed by atoms with Crippen molar-refractivity contribution in [3.05, 3.63) is 12.2 Å². The normalized spacial score (nSPS) is 17.2. The van der Waals surface area contributed by atoms with Gasteiger partial charge in [-0.2, -0.15) is 13.2 Å². The number of alkyl halides is 3. The van der Waals surface area contributed by atoms with E-state index in [0.29, 0.717) is 12.8 Å². The molecule has 1 heterocycles. The van der Waals surface area contributed by atoms with Crippen LogP contribution in [0.5, 0.6) is 0 Å². The van der Waals surface area contributed by atoms with Crippen molar-refractivity contribution in [2.75, 3.05) is 6.54 Å². The number of nitrogens with one attached hydrogen (secondary N) is 1. The van der Waals surface area contributed by atoms with Crippen molar-refractivity contribution in [2.45, 2.75) is 84.2 Å². The van der Waals surface area contributed by atoms with Crippen LogP contribution in [-0.2, 0) is 19.1 Å². The van der Waals surface area contributed by atoms with Crippen molar-refractivity contribution < 1.29 is 32.3 Å². The van der Waals surface area contributed by atoms with Gasteiger partial charge in [0.1, 0.15) is 17.7 Å². The highest BCUT2D eigenvalue weighted by Crippen LogP contribution is 2.26. The maximum Gasteiger partial charge on any atom is 0.403 e. The topological polar surface area (TPSA) is 75.7 Å². The van der Waals surface area contributed by atoms with Crippen molar-refractivity contribution in [1.29, 1.82) is 0 Å². The minimum atomic E-state index is -4.51. The van der Waals surface area contributed by atoms with E-state index >= 15 is 0 Å². The Morgan fingerprint density at radius 1 is 1.07 bits per heavy atom. The standard InChI is InChI=1S/C20H31F3N2O4/c1-13(2)17(18(28)29-19(3,4)5)24-14(20(21,22)23)9-7-6-8-12-25-15(26)10-11-16(25)27/h10-11,13-14,17,24H,6-9,12H2,1-5H3/t14-,17-/m0/s1. The van der Waals surface area contributed by atoms with Gasteiger partial charge in [0.2, 0.25) is 0 Å². The van der Waals surface area contributed by atoms with E-state index in [2.05, 4.69) is 5.32 Å². The Morgan fingerprint density at radius 2 is 1.62 bits per heavy atom. The Kier molecular flexibility index (Phi) is 8.86. The number of ether oxygens (including phenoxy) is 1. The number of unbranched alkanes of at least 4 members (excludes halogenated alkanes) is 2. The summed E-state index contributed by atoms with van der Waals surface area (Å²) in [7, 11) is 0. The number of hydrogen-bond donors (Lipinski definition) is 1. The van der Waals surface area contributed by atoms with Crippen LogP contribution in [0.4, 0.5) is 13.2 Å². The maximum absolute atomic E-state index is 13.5. The van der Waals surface area contributed by atoms with E-state index in [-0.39, 0.29) is 25.3 Å². The summed E-state index contributed by atoms with van der Waals surface area (Å²) in [6, 6.07) is -2.93. The summed E-state index contributed by atoms with van der Waals surface area (Å²) in [5, 5.41) is 2.43. The zero-order valence-electron chi connectivity index (χ0n) is 17.6. The van der Waals surface area contributed by atoms with Crippen molar-refractivity contribution in [1.82, 2.24) is 10.2 Å². The predicted octanol–water partition coefficient (Wildman–Crippen LogP) is 3.36. The number of halogens is 3. The first kappa shape index (κ1) is 25.1. The minimum Gasteiger partial charge on any atom is -0.459 e. The Hall–Kier alpha value is -1.90. The van der Waals surface area contributed by atoms with Crippen LogP contribution in [0.25, 0.3) is 0 Å². The van der Waals surface area contributed by atoms with E-state index in [1.54, 1.807) is 34.6 Å². The number of imide groups is 1. The molecule has 0 spiro atoms. The summed E-state index contributed by atoms with van der Waals surface area (Å²) < 4.78 is 45.7. The average Bonchev–Trinajstić information content (AvgIpc) is 2.85. The second-order valence-electron chi connectivity index (χ2n) is 8.53. The van der Waals surface area contributed by atoms with Gasteiger partial charge < -0.3 is 4.74 Å². The van der Waals surface area contributed by atoms with Gasteiger partial charge in [-0.25, -0.2) is 0 Å². The van der Waals surface area contributed by atoms with Crippen LogP contribution < -0.4 is 5.32 Å². The first-order valence-corrected chi connectivity index (χ1v) is 9.81. The van der Waals surface area contributed by atoms with Gasteiger partial charge in [-0.1, -0.05) is 26.7 Å². The molecule has 2 amide bonds. The van der Waals surface area contributed by atoms with E-state index in [0.717, 1.165) is 4.90 Å². The molecule has 1 N–H and O–H groups in total. The molecule has 1 aliphatic rings. The van der Waals surface area contributed by atoms with E-state index in [1.807, 2.05) is 0 Å². The largest absolute Gasteiger partial charge is 0.459 e. The quantitative estimate of drug-likeness (QED) is 0.333. The molecule has 0 aromatic carbocycles. The van der Waals surface area contributed by atoms with Crippen molar-refractivity contribution in [2.24, 2.45) is 5.92 Å². The molecule has 0 saturated heterocycles. The second-order valence-corrected chi connectivity index (χ2v) is 8.53. The average molecular weight is 420 g/mol. The van der Waals surface area contributed by atoms with Crippen LogP contribution >= 0.6 is 0 Å². The van der Waals surface area contributed by atoms with Crippen LogP contribution in [0, 0.1) is 5.92 Å². The summed E-state index contributed by atoms with van der Waals surface area (Å²) in [6.07, 6.45) is -1.30. The first-order valence-electron chi connectivity index (χ1n) is 9.81. The highest BCUT2D eigenvalue weighted by molar-refractivity contribution is 6.12. The van der Waals surface area contributed by atoms with Gasteiger partial charge in [-0.15, -0.1) is 0 Å². The summed E-state index contributed by atoms with van der Waals surface area (Å²) in [5.41, 5.74) is -0.793. The summed E-state index contributed by atoms with van der Waals surface area (Å²) >= 11 is 0. The van der Waals surface area contributed by atoms with E-state index in [1.165, 1.54) is 12.2 Å². The molecule has 0 bridgehead atoms. The third-order valence-electron chi connectivity index (χ3n) is 4.38. The first-order chi connectivity index (χ1) is 13.2. The molecule has 0 saturated carbocycles. The number of carbonyl (C=O) groups excluding carboxylic acids is 3.